The van der Waals surface area contributed by atoms with Crippen LogP contribution in [0.4, 0.5) is 0 Å². The lowest BCUT2D eigenvalue weighted by atomic mass is 10.0. The molecule has 0 aromatic heterocycles. The van der Waals surface area contributed by atoms with Crippen LogP contribution in [0, 0.1) is 5.41 Å². The van der Waals surface area contributed by atoms with Gasteiger partial charge in [0, 0.05) is 18.3 Å². The molecule has 1 aliphatic rings. The van der Waals surface area contributed by atoms with Gasteiger partial charge < -0.3 is 5.32 Å². The summed E-state index contributed by atoms with van der Waals surface area (Å²) in [6, 6.07) is 0. The molecule has 0 unspecified atom stereocenters. The van der Waals surface area contributed by atoms with Crippen LogP contribution in [0.1, 0.15) is 90.4 Å². The average molecular weight is 360 g/mol. The van der Waals surface area contributed by atoms with E-state index in [0.29, 0.717) is 5.41 Å². The van der Waals surface area contributed by atoms with Crippen molar-refractivity contribution in [1.29, 1.82) is 0 Å². The first-order chi connectivity index (χ1) is 10.2. The summed E-state index contributed by atoms with van der Waals surface area (Å²) in [7, 11) is 0. The molecule has 0 atom stereocenters. The smallest absolute Gasteiger partial charge is 0.220 e. The van der Waals surface area contributed by atoms with Crippen molar-refractivity contribution in [2.45, 2.75) is 90.4 Å². The topological polar surface area (TPSA) is 29.1 Å². The van der Waals surface area contributed by atoms with Crippen LogP contribution >= 0.6 is 15.9 Å². The fourth-order valence-corrected chi connectivity index (χ4v) is 3.70. The van der Waals surface area contributed by atoms with Crippen LogP contribution in [0.25, 0.3) is 0 Å². The van der Waals surface area contributed by atoms with Gasteiger partial charge in [0.15, 0.2) is 0 Å². The van der Waals surface area contributed by atoms with Gasteiger partial charge in [0.2, 0.25) is 5.91 Å². The van der Waals surface area contributed by atoms with Crippen molar-refractivity contribution in [2.75, 3.05) is 11.9 Å². The van der Waals surface area contributed by atoms with Crippen molar-refractivity contribution in [3.63, 3.8) is 0 Å². The Balaban J connectivity index is 1.85. The van der Waals surface area contributed by atoms with E-state index in [1.54, 1.807) is 0 Å². The van der Waals surface area contributed by atoms with Crippen molar-refractivity contribution in [3.05, 3.63) is 0 Å². The lowest BCUT2D eigenvalue weighted by molar-refractivity contribution is -0.121. The summed E-state index contributed by atoms with van der Waals surface area (Å²) in [6.45, 7) is 3.16. The van der Waals surface area contributed by atoms with Crippen LogP contribution in [0.3, 0.4) is 0 Å². The van der Waals surface area contributed by atoms with Gasteiger partial charge >= 0.3 is 0 Å². The summed E-state index contributed by atoms with van der Waals surface area (Å²) in [4.78, 5) is 11.8. The third-order valence-electron chi connectivity index (χ3n) is 4.75. The highest BCUT2D eigenvalue weighted by atomic mass is 79.9. The van der Waals surface area contributed by atoms with Gasteiger partial charge in [0.1, 0.15) is 0 Å². The van der Waals surface area contributed by atoms with E-state index in [9.17, 15) is 4.79 Å². The lowest BCUT2D eigenvalue weighted by Crippen LogP contribution is -2.30. The lowest BCUT2D eigenvalue weighted by Gasteiger charge is -2.14. The quantitative estimate of drug-likeness (QED) is 0.318. The summed E-state index contributed by atoms with van der Waals surface area (Å²) in [5.41, 5.74) is 0.442. The minimum absolute atomic E-state index is 0.263. The predicted octanol–water partition coefficient (Wildman–Crippen LogP) is 5.59. The van der Waals surface area contributed by atoms with Crippen molar-refractivity contribution in [2.24, 2.45) is 5.41 Å². The highest BCUT2D eigenvalue weighted by molar-refractivity contribution is 9.09. The van der Waals surface area contributed by atoms with Crippen molar-refractivity contribution in [3.8, 4) is 0 Å². The molecule has 3 heteroatoms. The number of rotatable bonds is 14. The minimum atomic E-state index is 0.263. The van der Waals surface area contributed by atoms with Crippen LogP contribution in [0.15, 0.2) is 0 Å². The molecule has 0 radical (unpaired) electrons. The van der Waals surface area contributed by atoms with Gasteiger partial charge in [0.25, 0.3) is 0 Å². The Morgan fingerprint density at radius 3 is 2.10 bits per heavy atom. The first-order valence-corrected chi connectivity index (χ1v) is 10.2. The summed E-state index contributed by atoms with van der Waals surface area (Å²) >= 11 is 3.51. The fourth-order valence-electron chi connectivity index (χ4n) is 2.86. The molecule has 0 aromatic carbocycles. The summed E-state index contributed by atoms with van der Waals surface area (Å²) < 4.78 is 0. The third-order valence-corrected chi connectivity index (χ3v) is 5.15. The van der Waals surface area contributed by atoms with Gasteiger partial charge in [0.05, 0.1) is 0 Å². The molecular formula is C18H34BrNO. The van der Waals surface area contributed by atoms with Gasteiger partial charge in [-0.25, -0.2) is 0 Å². The van der Waals surface area contributed by atoms with Gasteiger partial charge in [-0.1, -0.05) is 74.2 Å². The standard InChI is InChI=1S/C18H34BrNO/c1-2-3-4-5-6-7-8-9-10-11-17(21)20-16-18(12-13-18)14-15-19/h2-16H2,1H3,(H,20,21). The van der Waals surface area contributed by atoms with E-state index in [1.165, 1.54) is 70.6 Å². The predicted molar refractivity (Wildman–Crippen MR) is 94.9 cm³/mol. The number of alkyl halides is 1. The van der Waals surface area contributed by atoms with E-state index >= 15 is 0 Å². The Morgan fingerprint density at radius 2 is 1.57 bits per heavy atom. The molecule has 0 spiro atoms. The maximum atomic E-state index is 11.8. The van der Waals surface area contributed by atoms with Crippen molar-refractivity contribution in [1.82, 2.24) is 5.32 Å². The highest BCUT2D eigenvalue weighted by Crippen LogP contribution is 2.48. The Bertz CT molecular complexity index is 276. The highest BCUT2D eigenvalue weighted by Gasteiger charge is 2.41. The molecule has 21 heavy (non-hydrogen) atoms. The first kappa shape index (κ1) is 19.0. The van der Waals surface area contributed by atoms with E-state index in [-0.39, 0.29) is 5.91 Å². The summed E-state index contributed by atoms with van der Waals surface area (Å²) in [5, 5.41) is 4.19. The normalized spacial score (nSPS) is 15.9. The maximum absolute atomic E-state index is 11.8. The average Bonchev–Trinajstić information content (AvgIpc) is 3.24. The van der Waals surface area contributed by atoms with Gasteiger partial charge in [-0.3, -0.25) is 4.79 Å². The molecule has 1 aliphatic carbocycles. The molecule has 0 bridgehead atoms. The summed E-state index contributed by atoms with van der Waals surface area (Å²) in [6.07, 6.45) is 16.3. The second-order valence-corrected chi connectivity index (χ2v) is 7.59. The molecule has 1 N–H and O–H groups in total. The molecule has 2 nitrogen and oxygen atoms in total. The Hall–Kier alpha value is -0.0500. The van der Waals surface area contributed by atoms with Crippen LogP contribution in [-0.4, -0.2) is 17.8 Å². The molecule has 1 fully saturated rings. The molecule has 0 aliphatic heterocycles. The van der Waals surface area contributed by atoms with E-state index in [0.717, 1.165) is 24.7 Å². The van der Waals surface area contributed by atoms with Crippen molar-refractivity contribution < 1.29 is 4.79 Å². The van der Waals surface area contributed by atoms with E-state index in [4.69, 9.17) is 0 Å². The van der Waals surface area contributed by atoms with Crippen LogP contribution in [0.2, 0.25) is 0 Å². The van der Waals surface area contributed by atoms with Gasteiger partial charge in [-0.15, -0.1) is 0 Å². The zero-order chi connectivity index (χ0) is 15.4. The van der Waals surface area contributed by atoms with Crippen molar-refractivity contribution >= 4 is 21.8 Å². The second kappa shape index (κ2) is 11.5. The first-order valence-electron chi connectivity index (χ1n) is 9.05. The van der Waals surface area contributed by atoms with Gasteiger partial charge in [-0.05, 0) is 31.1 Å². The van der Waals surface area contributed by atoms with E-state index in [2.05, 4.69) is 28.2 Å². The minimum Gasteiger partial charge on any atom is -0.356 e. The molecule has 0 heterocycles. The molecule has 1 saturated carbocycles. The molecule has 1 rings (SSSR count). The van der Waals surface area contributed by atoms with E-state index < -0.39 is 0 Å². The zero-order valence-corrected chi connectivity index (χ0v) is 15.5. The Kier molecular flexibility index (Phi) is 10.4. The second-order valence-electron chi connectivity index (χ2n) is 6.79. The molecule has 1 amide bonds. The zero-order valence-electron chi connectivity index (χ0n) is 13.9. The van der Waals surface area contributed by atoms with Gasteiger partial charge in [-0.2, -0.15) is 0 Å². The molecule has 124 valence electrons. The van der Waals surface area contributed by atoms with Crippen LogP contribution in [0.5, 0.6) is 0 Å². The molecule has 0 aromatic rings. The van der Waals surface area contributed by atoms with E-state index in [1.807, 2.05) is 0 Å². The SMILES string of the molecule is CCCCCCCCCCCC(=O)NCC1(CCBr)CC1. The molecule has 0 saturated heterocycles. The number of nitrogens with one attached hydrogen (secondary N) is 1. The monoisotopic (exact) mass is 359 g/mol. The molecular weight excluding hydrogens is 326 g/mol. The summed E-state index contributed by atoms with van der Waals surface area (Å²) in [5.74, 6) is 0.263. The number of halogens is 1. The van der Waals surface area contributed by atoms with Crippen LogP contribution < -0.4 is 5.32 Å². The Labute approximate surface area is 140 Å². The number of carbonyl (C=O) groups excluding carboxylic acids is 1. The number of amides is 1. The Morgan fingerprint density at radius 1 is 1.00 bits per heavy atom. The largest absolute Gasteiger partial charge is 0.356 e. The number of unbranched alkanes of at least 4 members (excludes halogenated alkanes) is 8. The maximum Gasteiger partial charge on any atom is 0.220 e. The number of carbonyl (C=O) groups is 1. The number of hydrogen-bond acceptors (Lipinski definition) is 1. The van der Waals surface area contributed by atoms with Crippen LogP contribution in [-0.2, 0) is 4.79 Å². The fraction of sp³-hybridized carbons (Fsp3) is 0.944. The third kappa shape index (κ3) is 9.55. The number of hydrogen-bond donors (Lipinski definition) is 1.